The largest absolute Gasteiger partial charge is 0.481 e. The quantitative estimate of drug-likeness (QED) is 0.674. The number of nitrogens with one attached hydrogen (secondary N) is 1. The van der Waals surface area contributed by atoms with Crippen LogP contribution in [0.4, 0.5) is 0 Å². The lowest BCUT2D eigenvalue weighted by Gasteiger charge is -2.25. The summed E-state index contributed by atoms with van der Waals surface area (Å²) in [5.41, 5.74) is 0. The fourth-order valence-corrected chi connectivity index (χ4v) is 1.50. The Hall–Kier alpha value is -0.900. The maximum absolute atomic E-state index is 11.4. The van der Waals surface area contributed by atoms with Crippen LogP contribution in [0.15, 0.2) is 0 Å². The molecule has 1 unspecified atom stereocenters. The van der Waals surface area contributed by atoms with Gasteiger partial charge in [-0.3, -0.25) is 9.59 Å². The van der Waals surface area contributed by atoms with E-state index >= 15 is 0 Å². The highest BCUT2D eigenvalue weighted by Crippen LogP contribution is 2.10. The fraction of sp³-hybridized carbons (Fsp3) is 0.818. The van der Waals surface area contributed by atoms with Gasteiger partial charge in [0.15, 0.2) is 0 Å². The number of rotatable bonds is 7. The minimum Gasteiger partial charge on any atom is -0.481 e. The van der Waals surface area contributed by atoms with E-state index in [0.717, 1.165) is 6.42 Å². The molecule has 4 heteroatoms. The summed E-state index contributed by atoms with van der Waals surface area (Å²) < 4.78 is 0. The third-order valence-electron chi connectivity index (χ3n) is 2.58. The Bertz CT molecular complexity index is 228. The molecule has 88 valence electrons. The molecule has 0 aliphatic carbocycles. The van der Waals surface area contributed by atoms with Gasteiger partial charge >= 0.3 is 5.97 Å². The summed E-state index contributed by atoms with van der Waals surface area (Å²) in [5.74, 6) is -1.03. The zero-order valence-corrected chi connectivity index (χ0v) is 9.91. The van der Waals surface area contributed by atoms with Gasteiger partial charge in [0, 0.05) is 12.5 Å². The molecule has 0 amide bonds. The minimum atomic E-state index is -0.861. The highest BCUT2D eigenvalue weighted by molar-refractivity contribution is 5.82. The predicted molar refractivity (Wildman–Crippen MR) is 58.8 cm³/mol. The van der Waals surface area contributed by atoms with E-state index in [1.165, 1.54) is 6.92 Å². The first kappa shape index (κ1) is 14.1. The lowest BCUT2D eigenvalue weighted by atomic mass is 9.94. The highest BCUT2D eigenvalue weighted by Gasteiger charge is 2.24. The number of hydrogen-bond acceptors (Lipinski definition) is 3. The second kappa shape index (κ2) is 6.56. The van der Waals surface area contributed by atoms with Crippen molar-refractivity contribution in [2.45, 2.75) is 52.6 Å². The van der Waals surface area contributed by atoms with Crippen molar-refractivity contribution in [3.63, 3.8) is 0 Å². The molecular formula is C11H21NO3. The number of ketones is 1. The second-order valence-electron chi connectivity index (χ2n) is 4.14. The zero-order valence-electron chi connectivity index (χ0n) is 9.91. The summed E-state index contributed by atoms with van der Waals surface area (Å²) in [6, 6.07) is -0.119. The first-order valence-electron chi connectivity index (χ1n) is 5.36. The Morgan fingerprint density at radius 2 is 1.87 bits per heavy atom. The Kier molecular flexibility index (Phi) is 6.17. The summed E-state index contributed by atoms with van der Waals surface area (Å²) in [6.07, 6.45) is 0.942. The molecule has 0 radical (unpaired) electrons. The number of Topliss-reactive ketones (excluding diaryl/α,β-unsaturated/α-hetero) is 1. The molecule has 4 nitrogen and oxygen atoms in total. The van der Waals surface area contributed by atoms with Crippen LogP contribution in [0.3, 0.4) is 0 Å². The maximum atomic E-state index is 11.4. The van der Waals surface area contributed by atoms with Gasteiger partial charge in [0.1, 0.15) is 5.78 Å². The molecule has 0 aromatic rings. The average molecular weight is 215 g/mol. The molecule has 0 heterocycles. The average Bonchev–Trinajstić information content (AvgIpc) is 2.11. The van der Waals surface area contributed by atoms with Gasteiger partial charge in [-0.1, -0.05) is 13.8 Å². The van der Waals surface area contributed by atoms with E-state index < -0.39 is 5.97 Å². The molecule has 0 aromatic carbocycles. The van der Waals surface area contributed by atoms with Crippen molar-refractivity contribution in [3.05, 3.63) is 0 Å². The number of carboxylic acids is 1. The van der Waals surface area contributed by atoms with Crippen molar-refractivity contribution in [1.29, 1.82) is 0 Å². The minimum absolute atomic E-state index is 0.00375. The van der Waals surface area contributed by atoms with Gasteiger partial charge in [-0.2, -0.15) is 0 Å². The highest BCUT2D eigenvalue weighted by atomic mass is 16.4. The van der Waals surface area contributed by atoms with Gasteiger partial charge in [0.25, 0.3) is 0 Å². The van der Waals surface area contributed by atoms with E-state index in [2.05, 4.69) is 5.32 Å². The molecule has 0 fully saturated rings. The van der Waals surface area contributed by atoms with Gasteiger partial charge in [-0.05, 0) is 26.2 Å². The SMILES string of the molecule is CC[C@@H](C)N[C@H](C(C)=O)C(C)CC(=O)O. The number of hydrogen-bond donors (Lipinski definition) is 2. The van der Waals surface area contributed by atoms with Crippen LogP contribution in [-0.4, -0.2) is 28.9 Å². The molecule has 0 aliphatic rings. The maximum Gasteiger partial charge on any atom is 0.303 e. The Balaban J connectivity index is 4.38. The number of aliphatic carboxylic acids is 1. The molecule has 2 N–H and O–H groups in total. The Labute approximate surface area is 91.1 Å². The Morgan fingerprint density at radius 1 is 1.33 bits per heavy atom. The van der Waals surface area contributed by atoms with Crippen LogP contribution in [0.25, 0.3) is 0 Å². The third kappa shape index (κ3) is 5.52. The van der Waals surface area contributed by atoms with Crippen LogP contribution in [0.5, 0.6) is 0 Å². The van der Waals surface area contributed by atoms with Gasteiger partial charge in [-0.25, -0.2) is 0 Å². The van der Waals surface area contributed by atoms with Crippen LogP contribution < -0.4 is 5.32 Å². The lowest BCUT2D eigenvalue weighted by Crippen LogP contribution is -2.45. The van der Waals surface area contributed by atoms with Gasteiger partial charge in [0.2, 0.25) is 0 Å². The molecule has 0 bridgehead atoms. The molecule has 0 spiro atoms. The predicted octanol–water partition coefficient (Wildman–Crippen LogP) is 1.44. The molecule has 3 atom stereocenters. The second-order valence-corrected chi connectivity index (χ2v) is 4.14. The van der Waals surface area contributed by atoms with E-state index in [4.69, 9.17) is 5.11 Å². The Morgan fingerprint density at radius 3 is 2.20 bits per heavy atom. The topological polar surface area (TPSA) is 66.4 Å². The smallest absolute Gasteiger partial charge is 0.303 e. The van der Waals surface area contributed by atoms with E-state index in [1.807, 2.05) is 13.8 Å². The molecule has 0 saturated heterocycles. The van der Waals surface area contributed by atoms with Gasteiger partial charge in [-0.15, -0.1) is 0 Å². The molecule has 0 saturated carbocycles. The summed E-state index contributed by atoms with van der Waals surface area (Å²) in [7, 11) is 0. The zero-order chi connectivity index (χ0) is 12.0. The van der Waals surface area contributed by atoms with E-state index in [1.54, 1.807) is 6.92 Å². The van der Waals surface area contributed by atoms with E-state index in [0.29, 0.717) is 0 Å². The van der Waals surface area contributed by atoms with Crippen molar-refractivity contribution in [2.24, 2.45) is 5.92 Å². The van der Waals surface area contributed by atoms with Crippen molar-refractivity contribution in [1.82, 2.24) is 5.32 Å². The number of carbonyl (C=O) groups is 2. The fourth-order valence-electron chi connectivity index (χ4n) is 1.50. The molecule has 0 rings (SSSR count). The molecule has 0 aromatic heterocycles. The van der Waals surface area contributed by atoms with Crippen LogP contribution in [0, 0.1) is 5.92 Å². The van der Waals surface area contributed by atoms with Crippen LogP contribution in [0.1, 0.15) is 40.5 Å². The summed E-state index contributed by atoms with van der Waals surface area (Å²) in [5, 5.41) is 11.8. The normalized spacial score (nSPS) is 16.8. The summed E-state index contributed by atoms with van der Waals surface area (Å²) >= 11 is 0. The first-order chi connectivity index (χ1) is 6.88. The van der Waals surface area contributed by atoms with Crippen LogP contribution in [-0.2, 0) is 9.59 Å². The van der Waals surface area contributed by atoms with E-state index in [9.17, 15) is 9.59 Å². The lowest BCUT2D eigenvalue weighted by molar-refractivity contribution is -0.138. The monoisotopic (exact) mass is 215 g/mol. The van der Waals surface area contributed by atoms with Crippen molar-refractivity contribution in [3.8, 4) is 0 Å². The van der Waals surface area contributed by atoms with Crippen LogP contribution in [0.2, 0.25) is 0 Å². The van der Waals surface area contributed by atoms with Crippen molar-refractivity contribution < 1.29 is 14.7 Å². The first-order valence-corrected chi connectivity index (χ1v) is 5.36. The van der Waals surface area contributed by atoms with Crippen LogP contribution >= 0.6 is 0 Å². The summed E-state index contributed by atoms with van der Waals surface area (Å²) in [6.45, 7) is 7.30. The van der Waals surface area contributed by atoms with Crippen molar-refractivity contribution in [2.75, 3.05) is 0 Å². The standard InChI is InChI=1S/C11H21NO3/c1-5-8(3)12-11(9(4)13)7(2)6-10(14)15/h7-8,11-12H,5-6H2,1-4H3,(H,14,15)/t7?,8-,11+/m1/s1. The van der Waals surface area contributed by atoms with Crippen molar-refractivity contribution >= 4 is 11.8 Å². The number of carbonyl (C=O) groups excluding carboxylic acids is 1. The molecule has 15 heavy (non-hydrogen) atoms. The van der Waals surface area contributed by atoms with Gasteiger partial charge < -0.3 is 10.4 Å². The summed E-state index contributed by atoms with van der Waals surface area (Å²) in [4.78, 5) is 21.9. The third-order valence-corrected chi connectivity index (χ3v) is 2.58. The molecule has 0 aliphatic heterocycles. The van der Waals surface area contributed by atoms with E-state index in [-0.39, 0.29) is 30.2 Å². The molecular weight excluding hydrogens is 194 g/mol. The van der Waals surface area contributed by atoms with Gasteiger partial charge in [0.05, 0.1) is 6.04 Å². The number of carboxylic acid groups (broad SMARTS) is 1.